The van der Waals surface area contributed by atoms with E-state index in [2.05, 4.69) is 20.5 Å². The molecule has 0 fully saturated rings. The Morgan fingerprint density at radius 1 is 1.40 bits per heavy atom. The first kappa shape index (κ1) is 14.5. The number of halogens is 1. The molecular weight excluding hydrogens is 276 g/mol. The molecule has 0 saturated carbocycles. The number of nitrogens with one attached hydrogen (secondary N) is 2. The smallest absolute Gasteiger partial charge is 0.251 e. The highest BCUT2D eigenvalue weighted by Gasteiger charge is 2.18. The van der Waals surface area contributed by atoms with Crippen molar-refractivity contribution in [3.8, 4) is 0 Å². The van der Waals surface area contributed by atoms with Crippen LogP contribution < -0.4 is 5.32 Å². The molecule has 2 rings (SSSR count). The highest BCUT2D eigenvalue weighted by molar-refractivity contribution is 6.31. The summed E-state index contributed by atoms with van der Waals surface area (Å²) in [6.07, 6.45) is 0.711. The second-order valence-corrected chi connectivity index (χ2v) is 5.17. The SMILES string of the molecule is CCC(NC(=O)c1cc(C)cc(Cl)c1)c1n[nH]c(C)n1. The number of nitrogens with zero attached hydrogens (tertiary/aromatic N) is 2. The van der Waals surface area contributed by atoms with Crippen LogP contribution >= 0.6 is 11.6 Å². The molecule has 0 aliphatic carbocycles. The van der Waals surface area contributed by atoms with E-state index in [1.165, 1.54) is 0 Å². The van der Waals surface area contributed by atoms with Gasteiger partial charge in [0.2, 0.25) is 0 Å². The lowest BCUT2D eigenvalue weighted by atomic mass is 10.1. The first-order valence-corrected chi connectivity index (χ1v) is 6.84. The van der Waals surface area contributed by atoms with Gasteiger partial charge in [-0.3, -0.25) is 9.89 Å². The first-order chi connectivity index (χ1) is 9.49. The lowest BCUT2D eigenvalue weighted by Crippen LogP contribution is -2.29. The van der Waals surface area contributed by atoms with Gasteiger partial charge in [0.05, 0.1) is 6.04 Å². The zero-order chi connectivity index (χ0) is 14.7. The lowest BCUT2D eigenvalue weighted by Gasteiger charge is -2.14. The molecule has 0 saturated heterocycles. The van der Waals surface area contributed by atoms with Crippen LogP contribution in [0, 0.1) is 13.8 Å². The summed E-state index contributed by atoms with van der Waals surface area (Å²) in [6.45, 7) is 5.70. The molecule has 106 valence electrons. The number of hydrogen-bond acceptors (Lipinski definition) is 3. The Morgan fingerprint density at radius 2 is 2.15 bits per heavy atom. The van der Waals surface area contributed by atoms with Gasteiger partial charge in [-0.1, -0.05) is 18.5 Å². The van der Waals surface area contributed by atoms with Crippen LogP contribution in [0.25, 0.3) is 0 Å². The van der Waals surface area contributed by atoms with Crippen molar-refractivity contribution in [2.24, 2.45) is 0 Å². The second-order valence-electron chi connectivity index (χ2n) is 4.73. The summed E-state index contributed by atoms with van der Waals surface area (Å²) >= 11 is 5.98. The normalized spacial score (nSPS) is 12.2. The van der Waals surface area contributed by atoms with Crippen LogP contribution in [0.4, 0.5) is 0 Å². The third-order valence-electron chi connectivity index (χ3n) is 2.94. The van der Waals surface area contributed by atoms with Crippen LogP contribution in [0.2, 0.25) is 5.02 Å². The third kappa shape index (κ3) is 3.36. The molecule has 1 atom stereocenters. The highest BCUT2D eigenvalue weighted by Crippen LogP contribution is 2.17. The maximum Gasteiger partial charge on any atom is 0.251 e. The van der Waals surface area contributed by atoms with Crippen molar-refractivity contribution in [1.82, 2.24) is 20.5 Å². The largest absolute Gasteiger partial charge is 0.342 e. The topological polar surface area (TPSA) is 70.7 Å². The minimum atomic E-state index is -0.216. The van der Waals surface area contributed by atoms with Gasteiger partial charge in [-0.15, -0.1) is 0 Å². The number of aromatic amines is 1. The van der Waals surface area contributed by atoms with Crippen LogP contribution in [0.3, 0.4) is 0 Å². The predicted molar refractivity (Wildman–Crippen MR) is 77.8 cm³/mol. The fraction of sp³-hybridized carbons (Fsp3) is 0.357. The van der Waals surface area contributed by atoms with Crippen LogP contribution in [-0.2, 0) is 0 Å². The van der Waals surface area contributed by atoms with Gasteiger partial charge in [-0.05, 0) is 44.0 Å². The second kappa shape index (κ2) is 6.05. The van der Waals surface area contributed by atoms with Crippen molar-refractivity contribution in [1.29, 1.82) is 0 Å². The molecule has 2 aromatic rings. The molecule has 1 aromatic carbocycles. The van der Waals surface area contributed by atoms with Gasteiger partial charge in [0.1, 0.15) is 5.82 Å². The van der Waals surface area contributed by atoms with Crippen LogP contribution in [-0.4, -0.2) is 21.1 Å². The van der Waals surface area contributed by atoms with Crippen LogP contribution in [0.15, 0.2) is 18.2 Å². The van der Waals surface area contributed by atoms with Gasteiger partial charge in [0.25, 0.3) is 5.91 Å². The molecular formula is C14H17ClN4O. The summed E-state index contributed by atoms with van der Waals surface area (Å²) in [6, 6.07) is 5.05. The van der Waals surface area contributed by atoms with E-state index in [0.717, 1.165) is 11.4 Å². The van der Waals surface area contributed by atoms with Crippen molar-refractivity contribution in [3.63, 3.8) is 0 Å². The predicted octanol–water partition coefficient (Wildman–Crippen LogP) is 2.96. The Hall–Kier alpha value is -1.88. The molecule has 0 spiro atoms. The van der Waals surface area contributed by atoms with E-state index in [-0.39, 0.29) is 11.9 Å². The number of aromatic nitrogens is 3. The molecule has 0 aliphatic heterocycles. The van der Waals surface area contributed by atoms with E-state index in [9.17, 15) is 4.79 Å². The van der Waals surface area contributed by atoms with Gasteiger partial charge < -0.3 is 5.32 Å². The van der Waals surface area contributed by atoms with E-state index >= 15 is 0 Å². The Kier molecular flexibility index (Phi) is 4.39. The minimum Gasteiger partial charge on any atom is -0.342 e. The van der Waals surface area contributed by atoms with Gasteiger partial charge in [0, 0.05) is 10.6 Å². The van der Waals surface area contributed by atoms with E-state index in [1.807, 2.05) is 26.8 Å². The van der Waals surface area contributed by atoms with E-state index < -0.39 is 0 Å². The zero-order valence-corrected chi connectivity index (χ0v) is 12.5. The molecule has 1 aromatic heterocycles. The molecule has 5 nitrogen and oxygen atoms in total. The molecule has 1 heterocycles. The maximum absolute atomic E-state index is 12.3. The maximum atomic E-state index is 12.3. The number of hydrogen-bond donors (Lipinski definition) is 2. The van der Waals surface area contributed by atoms with Crippen LogP contribution in [0.1, 0.15) is 47.0 Å². The molecule has 1 unspecified atom stereocenters. The summed E-state index contributed by atoms with van der Waals surface area (Å²) in [7, 11) is 0. The number of benzene rings is 1. The fourth-order valence-corrected chi connectivity index (χ4v) is 2.26. The summed E-state index contributed by atoms with van der Waals surface area (Å²) in [4.78, 5) is 16.5. The van der Waals surface area contributed by atoms with Gasteiger partial charge in [-0.2, -0.15) is 5.10 Å². The summed E-state index contributed by atoms with van der Waals surface area (Å²) in [5.41, 5.74) is 1.49. The molecule has 0 bridgehead atoms. The Labute approximate surface area is 122 Å². The van der Waals surface area contributed by atoms with Crippen molar-refractivity contribution < 1.29 is 4.79 Å². The zero-order valence-electron chi connectivity index (χ0n) is 11.7. The number of H-pyrrole nitrogens is 1. The summed E-state index contributed by atoms with van der Waals surface area (Å²) < 4.78 is 0. The highest BCUT2D eigenvalue weighted by atomic mass is 35.5. The Morgan fingerprint density at radius 3 is 2.70 bits per heavy atom. The Bertz CT molecular complexity index is 603. The average Bonchev–Trinajstić information content (AvgIpc) is 2.81. The Balaban J connectivity index is 2.17. The molecule has 1 amide bonds. The number of rotatable bonds is 4. The van der Waals surface area contributed by atoms with Crippen molar-refractivity contribution in [3.05, 3.63) is 46.0 Å². The monoisotopic (exact) mass is 292 g/mol. The lowest BCUT2D eigenvalue weighted by molar-refractivity contribution is 0.0933. The first-order valence-electron chi connectivity index (χ1n) is 6.46. The quantitative estimate of drug-likeness (QED) is 0.910. The number of carbonyl (C=O) groups is 1. The minimum absolute atomic E-state index is 0.176. The fourth-order valence-electron chi connectivity index (χ4n) is 1.97. The van der Waals surface area contributed by atoms with Gasteiger partial charge >= 0.3 is 0 Å². The van der Waals surface area contributed by atoms with Crippen LogP contribution in [0.5, 0.6) is 0 Å². The van der Waals surface area contributed by atoms with E-state index in [1.54, 1.807) is 12.1 Å². The van der Waals surface area contributed by atoms with Gasteiger partial charge in [-0.25, -0.2) is 4.98 Å². The van der Waals surface area contributed by atoms with E-state index in [0.29, 0.717) is 22.8 Å². The molecule has 2 N–H and O–H groups in total. The standard InChI is InChI=1S/C14H17ClN4O/c1-4-12(13-16-9(3)18-19-13)17-14(20)10-5-8(2)6-11(15)7-10/h5-7,12H,4H2,1-3H3,(H,17,20)(H,16,18,19). The summed E-state index contributed by atoms with van der Waals surface area (Å²) in [5, 5.41) is 10.4. The number of aryl methyl sites for hydroxylation is 2. The number of carbonyl (C=O) groups excluding carboxylic acids is 1. The molecule has 6 heteroatoms. The molecule has 0 radical (unpaired) electrons. The van der Waals surface area contributed by atoms with Crippen molar-refractivity contribution in [2.75, 3.05) is 0 Å². The molecule has 0 aliphatic rings. The van der Waals surface area contributed by atoms with Gasteiger partial charge in [0.15, 0.2) is 5.82 Å². The molecule has 20 heavy (non-hydrogen) atoms. The van der Waals surface area contributed by atoms with Crippen molar-refractivity contribution in [2.45, 2.75) is 33.2 Å². The van der Waals surface area contributed by atoms with E-state index in [4.69, 9.17) is 11.6 Å². The average molecular weight is 293 g/mol. The number of amides is 1. The van der Waals surface area contributed by atoms with Crippen molar-refractivity contribution >= 4 is 17.5 Å². The summed E-state index contributed by atoms with van der Waals surface area (Å²) in [5.74, 6) is 1.15. The third-order valence-corrected chi connectivity index (χ3v) is 3.16.